The number of anilines is 1. The number of benzene rings is 2. The van der Waals surface area contributed by atoms with E-state index in [2.05, 4.69) is 4.98 Å². The number of fused-ring (bicyclic) bond motifs is 2. The van der Waals surface area contributed by atoms with Gasteiger partial charge in [0, 0.05) is 6.20 Å². The van der Waals surface area contributed by atoms with Gasteiger partial charge in [-0.1, -0.05) is 53.8 Å². The molecule has 0 aliphatic heterocycles. The molecule has 7 heteroatoms. The summed E-state index contributed by atoms with van der Waals surface area (Å²) in [4.78, 5) is 25.1. The lowest BCUT2D eigenvalue weighted by Crippen LogP contribution is -2.31. The molecule has 6 nitrogen and oxygen atoms in total. The van der Waals surface area contributed by atoms with Crippen LogP contribution in [0.4, 0.5) is 5.13 Å². The highest BCUT2D eigenvalue weighted by atomic mass is 32.1. The highest BCUT2D eigenvalue weighted by Gasteiger charge is 2.27. The lowest BCUT2D eigenvalue weighted by molar-refractivity contribution is 0.0979. The highest BCUT2D eigenvalue weighted by molar-refractivity contribution is 7.22. The molecule has 2 aromatic carbocycles. The molecule has 0 radical (unpaired) electrons. The number of nitrogens with zero attached hydrogens (tertiary/aromatic N) is 4. The zero-order valence-electron chi connectivity index (χ0n) is 17.9. The number of thiazole rings is 1. The monoisotopic (exact) mass is 442 g/mol. The van der Waals surface area contributed by atoms with Gasteiger partial charge < -0.3 is 4.74 Å². The van der Waals surface area contributed by atoms with Gasteiger partial charge in [-0.2, -0.15) is 0 Å². The van der Waals surface area contributed by atoms with E-state index >= 15 is 0 Å². The molecule has 0 aliphatic carbocycles. The average molecular weight is 443 g/mol. The number of carbonyl (C=O) groups is 1. The second kappa shape index (κ2) is 8.43. The quantitative estimate of drug-likeness (QED) is 0.348. The van der Waals surface area contributed by atoms with Gasteiger partial charge in [0.1, 0.15) is 22.6 Å². The zero-order chi connectivity index (χ0) is 22.1. The Hall–Kier alpha value is -3.71. The summed E-state index contributed by atoms with van der Waals surface area (Å²) in [7, 11) is 0. The fourth-order valence-corrected chi connectivity index (χ4v) is 4.77. The third kappa shape index (κ3) is 3.61. The summed E-state index contributed by atoms with van der Waals surface area (Å²) in [6.45, 7) is 4.78. The minimum atomic E-state index is -0.137. The SMILES string of the molecule is CCOc1cccc2sc(N(Cc3ccccc3)C(=O)c3c(C)nc4ccccn34)nc12. The summed E-state index contributed by atoms with van der Waals surface area (Å²) in [5.74, 6) is 0.590. The van der Waals surface area contributed by atoms with E-state index in [0.717, 1.165) is 27.2 Å². The molecule has 3 aromatic heterocycles. The number of aryl methyl sites for hydroxylation is 1. The van der Waals surface area contributed by atoms with Crippen molar-refractivity contribution in [3.05, 3.63) is 89.9 Å². The van der Waals surface area contributed by atoms with E-state index in [1.165, 1.54) is 11.3 Å². The molecule has 0 saturated carbocycles. The van der Waals surface area contributed by atoms with Crippen LogP contribution in [0, 0.1) is 6.92 Å². The van der Waals surface area contributed by atoms with Crippen LogP contribution in [-0.2, 0) is 6.54 Å². The van der Waals surface area contributed by atoms with Crippen molar-refractivity contribution in [1.82, 2.24) is 14.4 Å². The van der Waals surface area contributed by atoms with Gasteiger partial charge >= 0.3 is 0 Å². The van der Waals surface area contributed by atoms with Crippen molar-refractivity contribution >= 4 is 38.2 Å². The number of hydrogen-bond donors (Lipinski definition) is 0. The number of amides is 1. The first kappa shape index (κ1) is 20.2. The van der Waals surface area contributed by atoms with Gasteiger partial charge in [0.2, 0.25) is 0 Å². The van der Waals surface area contributed by atoms with Crippen molar-refractivity contribution in [2.24, 2.45) is 0 Å². The minimum absolute atomic E-state index is 0.137. The summed E-state index contributed by atoms with van der Waals surface area (Å²) in [5, 5.41) is 0.631. The van der Waals surface area contributed by atoms with Gasteiger partial charge in [0.25, 0.3) is 5.91 Å². The number of hydrogen-bond acceptors (Lipinski definition) is 5. The number of aromatic nitrogens is 3. The van der Waals surface area contributed by atoms with Crippen LogP contribution in [0.1, 0.15) is 28.7 Å². The Kier molecular flexibility index (Phi) is 5.33. The van der Waals surface area contributed by atoms with Crippen LogP contribution < -0.4 is 9.64 Å². The Bertz CT molecular complexity index is 1410. The fraction of sp³-hybridized carbons (Fsp3) is 0.160. The van der Waals surface area contributed by atoms with Gasteiger partial charge in [-0.3, -0.25) is 14.1 Å². The van der Waals surface area contributed by atoms with Crippen molar-refractivity contribution in [2.45, 2.75) is 20.4 Å². The van der Waals surface area contributed by atoms with Crippen LogP contribution in [0.15, 0.2) is 72.9 Å². The van der Waals surface area contributed by atoms with E-state index in [1.807, 2.05) is 91.2 Å². The molecule has 0 aliphatic rings. The Morgan fingerprint density at radius 2 is 1.84 bits per heavy atom. The molecule has 0 N–H and O–H groups in total. The number of carbonyl (C=O) groups excluding carboxylic acids is 1. The van der Waals surface area contributed by atoms with Crippen molar-refractivity contribution in [2.75, 3.05) is 11.5 Å². The van der Waals surface area contributed by atoms with Crippen molar-refractivity contribution in [1.29, 1.82) is 0 Å². The Labute approximate surface area is 189 Å². The molecule has 160 valence electrons. The van der Waals surface area contributed by atoms with Crippen LogP contribution in [-0.4, -0.2) is 26.9 Å². The molecule has 0 saturated heterocycles. The topological polar surface area (TPSA) is 59.7 Å². The Morgan fingerprint density at radius 3 is 2.66 bits per heavy atom. The second-order valence-corrected chi connectivity index (χ2v) is 8.39. The van der Waals surface area contributed by atoms with Gasteiger partial charge in [-0.05, 0) is 43.7 Å². The first-order chi connectivity index (χ1) is 15.7. The molecule has 5 rings (SSSR count). The summed E-state index contributed by atoms with van der Waals surface area (Å²) >= 11 is 1.49. The number of para-hydroxylation sites is 1. The van der Waals surface area contributed by atoms with Crippen LogP contribution >= 0.6 is 11.3 Å². The fourth-order valence-electron chi connectivity index (χ4n) is 3.79. The maximum Gasteiger partial charge on any atom is 0.279 e. The van der Waals surface area contributed by atoms with Crippen molar-refractivity contribution in [3.8, 4) is 5.75 Å². The Balaban J connectivity index is 1.64. The molecule has 0 bridgehead atoms. The molecule has 1 amide bonds. The summed E-state index contributed by atoms with van der Waals surface area (Å²) in [5.41, 5.74) is 3.78. The predicted octanol–water partition coefficient (Wildman–Crippen LogP) is 5.50. The minimum Gasteiger partial charge on any atom is -0.492 e. The first-order valence-electron chi connectivity index (χ1n) is 10.5. The summed E-state index contributed by atoms with van der Waals surface area (Å²) in [6.07, 6.45) is 1.87. The molecular formula is C25H22N4O2S. The zero-order valence-corrected chi connectivity index (χ0v) is 18.7. The van der Waals surface area contributed by atoms with Crippen LogP contribution in [0.5, 0.6) is 5.75 Å². The molecule has 3 heterocycles. The third-order valence-electron chi connectivity index (χ3n) is 5.24. The molecule has 0 atom stereocenters. The third-order valence-corrected chi connectivity index (χ3v) is 6.28. The van der Waals surface area contributed by atoms with Gasteiger partial charge in [-0.15, -0.1) is 0 Å². The van der Waals surface area contributed by atoms with Crippen LogP contribution in [0.25, 0.3) is 15.9 Å². The van der Waals surface area contributed by atoms with E-state index < -0.39 is 0 Å². The number of ether oxygens (including phenoxy) is 1. The molecule has 5 aromatic rings. The van der Waals surface area contributed by atoms with Crippen molar-refractivity contribution in [3.63, 3.8) is 0 Å². The van der Waals surface area contributed by atoms with E-state index in [4.69, 9.17) is 9.72 Å². The standard InChI is InChI=1S/C25H22N4O2S/c1-3-31-19-12-9-13-20-22(19)27-25(32-20)29(16-18-10-5-4-6-11-18)24(30)23-17(2)26-21-14-7-8-15-28(21)23/h4-15H,3,16H2,1-2H3. The summed E-state index contributed by atoms with van der Waals surface area (Å²) < 4.78 is 8.59. The van der Waals surface area contributed by atoms with Gasteiger partial charge in [-0.25, -0.2) is 9.97 Å². The van der Waals surface area contributed by atoms with E-state index in [0.29, 0.717) is 29.7 Å². The molecule has 0 spiro atoms. The predicted molar refractivity (Wildman–Crippen MR) is 128 cm³/mol. The maximum absolute atomic E-state index is 13.9. The molecule has 32 heavy (non-hydrogen) atoms. The normalized spacial score (nSPS) is 11.2. The maximum atomic E-state index is 13.9. The van der Waals surface area contributed by atoms with E-state index in [-0.39, 0.29) is 5.91 Å². The molecular weight excluding hydrogens is 420 g/mol. The molecule has 0 fully saturated rings. The highest BCUT2D eigenvalue weighted by Crippen LogP contribution is 2.35. The largest absolute Gasteiger partial charge is 0.492 e. The number of imidazole rings is 1. The van der Waals surface area contributed by atoms with Crippen LogP contribution in [0.3, 0.4) is 0 Å². The van der Waals surface area contributed by atoms with Gasteiger partial charge in [0.05, 0.1) is 23.5 Å². The molecule has 0 unspecified atom stereocenters. The van der Waals surface area contributed by atoms with E-state index in [1.54, 1.807) is 4.90 Å². The lowest BCUT2D eigenvalue weighted by Gasteiger charge is -2.20. The summed E-state index contributed by atoms with van der Waals surface area (Å²) in [6, 6.07) is 21.5. The smallest absolute Gasteiger partial charge is 0.279 e. The second-order valence-electron chi connectivity index (χ2n) is 7.38. The average Bonchev–Trinajstić information content (AvgIpc) is 3.39. The van der Waals surface area contributed by atoms with Crippen molar-refractivity contribution < 1.29 is 9.53 Å². The first-order valence-corrected chi connectivity index (χ1v) is 11.3. The Morgan fingerprint density at radius 1 is 1.03 bits per heavy atom. The number of pyridine rings is 1. The lowest BCUT2D eigenvalue weighted by atomic mass is 10.2. The van der Waals surface area contributed by atoms with Gasteiger partial charge in [0.15, 0.2) is 5.13 Å². The van der Waals surface area contributed by atoms with E-state index in [9.17, 15) is 4.79 Å². The number of rotatable bonds is 6. The van der Waals surface area contributed by atoms with Crippen LogP contribution in [0.2, 0.25) is 0 Å².